The van der Waals surface area contributed by atoms with Crippen LogP contribution in [0.5, 0.6) is 5.75 Å². The van der Waals surface area contributed by atoms with Crippen LogP contribution in [0.3, 0.4) is 0 Å². The van der Waals surface area contributed by atoms with Crippen molar-refractivity contribution in [3.63, 3.8) is 0 Å². The van der Waals surface area contributed by atoms with E-state index in [0.29, 0.717) is 17.3 Å². The summed E-state index contributed by atoms with van der Waals surface area (Å²) in [6.07, 6.45) is 0. The van der Waals surface area contributed by atoms with Gasteiger partial charge in [0.1, 0.15) is 11.3 Å². The van der Waals surface area contributed by atoms with Crippen LogP contribution >= 0.6 is 0 Å². The topological polar surface area (TPSA) is 64.4 Å². The summed E-state index contributed by atoms with van der Waals surface area (Å²) < 4.78 is 11.7. The Labute approximate surface area is 185 Å². The Morgan fingerprint density at radius 2 is 1.81 bits per heavy atom. The highest BCUT2D eigenvalue weighted by Crippen LogP contribution is 2.30. The van der Waals surface area contributed by atoms with Crippen molar-refractivity contribution in [1.29, 1.82) is 0 Å². The maximum atomic E-state index is 12.4. The predicted molar refractivity (Wildman–Crippen MR) is 127 cm³/mol. The number of hydrogen-bond acceptors (Lipinski definition) is 4. The zero-order chi connectivity index (χ0) is 22.1. The van der Waals surface area contributed by atoms with Gasteiger partial charge in [0.15, 0.2) is 12.2 Å². The standard InChI is InChI=1S/C27H22N2O3/c1-17-7-5-12-23(18(17)2)31-16-25(30)28-21-10-6-9-20(15-21)27-29-26-22-11-4-3-8-19(22)13-14-24(26)32-27/h3-15H,16H2,1-2H3,(H,28,30). The number of aromatic nitrogens is 1. The Kier molecular flexibility index (Phi) is 5.07. The lowest BCUT2D eigenvalue weighted by molar-refractivity contribution is -0.118. The smallest absolute Gasteiger partial charge is 0.262 e. The van der Waals surface area contributed by atoms with Gasteiger partial charge in [0.05, 0.1) is 0 Å². The van der Waals surface area contributed by atoms with Gasteiger partial charge in [-0.2, -0.15) is 0 Å². The van der Waals surface area contributed by atoms with Crippen molar-refractivity contribution in [2.45, 2.75) is 13.8 Å². The summed E-state index contributed by atoms with van der Waals surface area (Å²) in [4.78, 5) is 17.2. The number of ether oxygens (including phenoxy) is 1. The highest BCUT2D eigenvalue weighted by Gasteiger charge is 2.12. The van der Waals surface area contributed by atoms with Gasteiger partial charge in [-0.15, -0.1) is 0 Å². The fraction of sp³-hybridized carbons (Fsp3) is 0.111. The molecule has 32 heavy (non-hydrogen) atoms. The first kappa shape index (κ1) is 19.8. The second-order valence-electron chi connectivity index (χ2n) is 7.77. The van der Waals surface area contributed by atoms with Crippen molar-refractivity contribution in [3.8, 4) is 17.2 Å². The van der Waals surface area contributed by atoms with Crippen molar-refractivity contribution in [3.05, 3.63) is 90.0 Å². The molecule has 0 atom stereocenters. The van der Waals surface area contributed by atoms with Crippen LogP contribution in [-0.2, 0) is 4.79 Å². The highest BCUT2D eigenvalue weighted by molar-refractivity contribution is 6.04. The summed E-state index contributed by atoms with van der Waals surface area (Å²) in [5, 5.41) is 5.05. The van der Waals surface area contributed by atoms with Crippen molar-refractivity contribution in [2.24, 2.45) is 0 Å². The molecule has 0 saturated carbocycles. The largest absolute Gasteiger partial charge is 0.483 e. The molecular weight excluding hydrogens is 400 g/mol. The zero-order valence-electron chi connectivity index (χ0n) is 17.9. The van der Waals surface area contributed by atoms with E-state index in [4.69, 9.17) is 14.1 Å². The molecule has 1 heterocycles. The minimum absolute atomic E-state index is 0.0661. The van der Waals surface area contributed by atoms with E-state index in [2.05, 4.69) is 11.4 Å². The number of carbonyl (C=O) groups excluding carboxylic acids is 1. The van der Waals surface area contributed by atoms with Gasteiger partial charge in [0.2, 0.25) is 5.89 Å². The van der Waals surface area contributed by atoms with Crippen molar-refractivity contribution in [2.75, 3.05) is 11.9 Å². The van der Waals surface area contributed by atoms with E-state index in [1.54, 1.807) is 0 Å². The van der Waals surface area contributed by atoms with Crippen LogP contribution in [0.4, 0.5) is 5.69 Å². The molecule has 5 heteroatoms. The Hall–Kier alpha value is -4.12. The minimum atomic E-state index is -0.230. The Morgan fingerprint density at radius 1 is 0.969 bits per heavy atom. The third kappa shape index (κ3) is 3.81. The van der Waals surface area contributed by atoms with Crippen molar-refractivity contribution < 1.29 is 13.9 Å². The lowest BCUT2D eigenvalue weighted by Crippen LogP contribution is -2.20. The van der Waals surface area contributed by atoms with Gasteiger partial charge in [-0.25, -0.2) is 4.98 Å². The van der Waals surface area contributed by atoms with E-state index in [1.807, 2.05) is 86.6 Å². The lowest BCUT2D eigenvalue weighted by Gasteiger charge is -2.11. The number of nitrogens with zero attached hydrogens (tertiary/aromatic N) is 1. The fourth-order valence-corrected chi connectivity index (χ4v) is 3.74. The molecule has 0 fully saturated rings. The van der Waals surface area contributed by atoms with E-state index in [0.717, 1.165) is 38.6 Å². The molecule has 0 saturated heterocycles. The van der Waals surface area contributed by atoms with Crippen LogP contribution in [0.15, 0.2) is 83.3 Å². The van der Waals surface area contributed by atoms with Crippen LogP contribution in [-0.4, -0.2) is 17.5 Å². The molecule has 5 nitrogen and oxygen atoms in total. The summed E-state index contributed by atoms with van der Waals surface area (Å²) in [7, 11) is 0. The summed E-state index contributed by atoms with van der Waals surface area (Å²) in [5.41, 5.74) is 5.17. The van der Waals surface area contributed by atoms with Crippen molar-refractivity contribution in [1.82, 2.24) is 4.98 Å². The van der Waals surface area contributed by atoms with E-state index in [9.17, 15) is 4.79 Å². The van der Waals surface area contributed by atoms with Crippen LogP contribution in [0, 0.1) is 13.8 Å². The Morgan fingerprint density at radius 3 is 2.72 bits per heavy atom. The molecule has 0 spiro atoms. The Bertz CT molecular complexity index is 1450. The first-order valence-electron chi connectivity index (χ1n) is 10.5. The number of benzene rings is 4. The molecule has 5 rings (SSSR count). The number of fused-ring (bicyclic) bond motifs is 3. The molecular formula is C27H22N2O3. The first-order valence-corrected chi connectivity index (χ1v) is 10.5. The molecule has 0 aliphatic rings. The monoisotopic (exact) mass is 422 g/mol. The average Bonchev–Trinajstić information content (AvgIpc) is 3.25. The lowest BCUT2D eigenvalue weighted by atomic mass is 10.1. The number of amides is 1. The maximum Gasteiger partial charge on any atom is 0.262 e. The molecule has 0 bridgehead atoms. The van der Waals surface area contributed by atoms with Gasteiger partial charge in [0, 0.05) is 16.6 Å². The number of oxazole rings is 1. The molecule has 4 aromatic carbocycles. The van der Waals surface area contributed by atoms with E-state index in [1.165, 1.54) is 0 Å². The highest BCUT2D eigenvalue weighted by atomic mass is 16.5. The number of carbonyl (C=O) groups is 1. The quantitative estimate of drug-likeness (QED) is 0.362. The molecule has 0 aliphatic heterocycles. The molecule has 158 valence electrons. The van der Waals surface area contributed by atoms with E-state index in [-0.39, 0.29) is 12.5 Å². The number of hydrogen-bond donors (Lipinski definition) is 1. The van der Waals surface area contributed by atoms with Gasteiger partial charge in [-0.05, 0) is 60.7 Å². The molecule has 1 amide bonds. The summed E-state index contributed by atoms with van der Waals surface area (Å²) in [6.45, 7) is 3.93. The molecule has 0 aliphatic carbocycles. The van der Waals surface area contributed by atoms with Gasteiger partial charge in [0.25, 0.3) is 5.91 Å². The number of nitrogens with one attached hydrogen (secondary N) is 1. The van der Waals surface area contributed by atoms with E-state index >= 15 is 0 Å². The van der Waals surface area contributed by atoms with Crippen LogP contribution < -0.4 is 10.1 Å². The Balaban J connectivity index is 1.35. The third-order valence-corrected chi connectivity index (χ3v) is 5.59. The van der Waals surface area contributed by atoms with Crippen LogP contribution in [0.25, 0.3) is 33.3 Å². The minimum Gasteiger partial charge on any atom is -0.483 e. The molecule has 5 aromatic rings. The SMILES string of the molecule is Cc1cccc(OCC(=O)Nc2cccc(-c3nc4c(ccc5ccccc54)o3)c2)c1C. The van der Waals surface area contributed by atoms with Gasteiger partial charge in [-0.3, -0.25) is 4.79 Å². The molecule has 1 aromatic heterocycles. The van der Waals surface area contributed by atoms with E-state index < -0.39 is 0 Å². The summed E-state index contributed by atoms with van der Waals surface area (Å²) in [6, 6.07) is 25.3. The number of aryl methyl sites for hydroxylation is 1. The van der Waals surface area contributed by atoms with Gasteiger partial charge >= 0.3 is 0 Å². The molecule has 1 N–H and O–H groups in total. The fourth-order valence-electron chi connectivity index (χ4n) is 3.74. The second-order valence-corrected chi connectivity index (χ2v) is 7.77. The number of rotatable bonds is 5. The van der Waals surface area contributed by atoms with Crippen LogP contribution in [0.2, 0.25) is 0 Å². The van der Waals surface area contributed by atoms with Crippen molar-refractivity contribution >= 4 is 33.5 Å². The predicted octanol–water partition coefficient (Wildman–Crippen LogP) is 6.28. The zero-order valence-corrected chi connectivity index (χ0v) is 17.9. The average molecular weight is 422 g/mol. The summed E-state index contributed by atoms with van der Waals surface area (Å²) >= 11 is 0. The third-order valence-electron chi connectivity index (χ3n) is 5.59. The maximum absolute atomic E-state index is 12.4. The second kappa shape index (κ2) is 8.19. The molecule has 0 radical (unpaired) electrons. The first-order chi connectivity index (χ1) is 15.6. The van der Waals surface area contributed by atoms with Gasteiger partial charge in [-0.1, -0.05) is 48.5 Å². The molecule has 0 unspecified atom stereocenters. The number of anilines is 1. The van der Waals surface area contributed by atoms with Gasteiger partial charge < -0.3 is 14.5 Å². The normalized spacial score (nSPS) is 11.1. The summed E-state index contributed by atoms with van der Waals surface area (Å²) in [5.74, 6) is 0.998. The van der Waals surface area contributed by atoms with Crippen LogP contribution in [0.1, 0.15) is 11.1 Å².